The Kier molecular flexibility index (Phi) is 6.63. The topological polar surface area (TPSA) is 110 Å². The van der Waals surface area contributed by atoms with E-state index in [1.54, 1.807) is 13.0 Å². The first-order valence-corrected chi connectivity index (χ1v) is 10.8. The highest BCUT2D eigenvalue weighted by atomic mass is 32.2. The average molecular weight is 426 g/mol. The smallest absolute Gasteiger partial charge is 0.265 e. The number of anilines is 2. The van der Waals surface area contributed by atoms with E-state index >= 15 is 0 Å². The number of aryl methyl sites for hydroxylation is 1. The molecule has 0 aliphatic heterocycles. The van der Waals surface area contributed by atoms with E-state index in [0.29, 0.717) is 11.4 Å². The van der Waals surface area contributed by atoms with Crippen molar-refractivity contribution in [1.29, 1.82) is 0 Å². The van der Waals surface area contributed by atoms with Gasteiger partial charge in [0.25, 0.3) is 15.9 Å². The number of para-hydroxylation sites is 1. The van der Waals surface area contributed by atoms with Gasteiger partial charge in [-0.3, -0.25) is 4.79 Å². The highest BCUT2D eigenvalue weighted by Crippen LogP contribution is 2.21. The van der Waals surface area contributed by atoms with Crippen LogP contribution in [0.4, 0.5) is 11.6 Å². The lowest BCUT2D eigenvalue weighted by molar-refractivity contribution is -0.122. The van der Waals surface area contributed by atoms with Gasteiger partial charge in [0.2, 0.25) is 5.95 Å². The Bertz CT molecular complexity index is 1100. The van der Waals surface area contributed by atoms with Crippen LogP contribution in [0, 0.1) is 0 Å². The van der Waals surface area contributed by atoms with E-state index in [0.717, 1.165) is 12.0 Å². The van der Waals surface area contributed by atoms with Crippen LogP contribution in [-0.2, 0) is 21.2 Å². The van der Waals surface area contributed by atoms with Crippen LogP contribution in [0.2, 0.25) is 0 Å². The Hall–Kier alpha value is -3.46. The number of carbonyl (C=O) groups excluding carboxylic acids is 1. The molecule has 8 nitrogen and oxygen atoms in total. The van der Waals surface area contributed by atoms with Crippen LogP contribution in [0.3, 0.4) is 0 Å². The van der Waals surface area contributed by atoms with Crippen LogP contribution in [-0.4, -0.2) is 30.4 Å². The van der Waals surface area contributed by atoms with Gasteiger partial charge >= 0.3 is 0 Å². The van der Waals surface area contributed by atoms with Crippen LogP contribution in [0.1, 0.15) is 19.4 Å². The van der Waals surface area contributed by atoms with Gasteiger partial charge in [-0.1, -0.05) is 25.1 Å². The lowest BCUT2D eigenvalue weighted by Crippen LogP contribution is -2.30. The van der Waals surface area contributed by atoms with E-state index in [2.05, 4.69) is 20.0 Å². The van der Waals surface area contributed by atoms with Crippen molar-refractivity contribution in [2.24, 2.45) is 0 Å². The zero-order chi connectivity index (χ0) is 21.6. The van der Waals surface area contributed by atoms with E-state index in [-0.39, 0.29) is 16.8 Å². The molecule has 3 aromatic rings. The van der Waals surface area contributed by atoms with Gasteiger partial charge in [-0.25, -0.2) is 23.1 Å². The lowest BCUT2D eigenvalue weighted by atomic mass is 10.1. The second-order valence-electron chi connectivity index (χ2n) is 6.41. The third-order valence-corrected chi connectivity index (χ3v) is 5.59. The van der Waals surface area contributed by atoms with Gasteiger partial charge < -0.3 is 10.1 Å². The second-order valence-corrected chi connectivity index (χ2v) is 8.10. The van der Waals surface area contributed by atoms with Crippen molar-refractivity contribution in [3.63, 3.8) is 0 Å². The molecule has 0 saturated carbocycles. The molecule has 0 fully saturated rings. The maximum Gasteiger partial charge on any atom is 0.265 e. The van der Waals surface area contributed by atoms with Gasteiger partial charge in [0, 0.05) is 18.1 Å². The van der Waals surface area contributed by atoms with Gasteiger partial charge in [-0.15, -0.1) is 0 Å². The lowest BCUT2D eigenvalue weighted by Gasteiger charge is -2.17. The monoisotopic (exact) mass is 426 g/mol. The van der Waals surface area contributed by atoms with Crippen molar-refractivity contribution in [3.05, 3.63) is 72.6 Å². The van der Waals surface area contributed by atoms with Crippen molar-refractivity contribution in [3.8, 4) is 5.75 Å². The molecule has 1 amide bonds. The van der Waals surface area contributed by atoms with Crippen molar-refractivity contribution in [2.75, 3.05) is 10.0 Å². The minimum absolute atomic E-state index is 0.0202. The molecule has 1 heterocycles. The first-order chi connectivity index (χ1) is 14.4. The van der Waals surface area contributed by atoms with Crippen molar-refractivity contribution >= 4 is 27.6 Å². The molecule has 9 heteroatoms. The molecule has 0 saturated heterocycles. The number of nitrogens with one attached hydrogen (secondary N) is 2. The fraction of sp³-hybridized carbons (Fsp3) is 0.190. The molecule has 30 heavy (non-hydrogen) atoms. The van der Waals surface area contributed by atoms with Crippen molar-refractivity contribution in [2.45, 2.75) is 31.3 Å². The number of rotatable bonds is 8. The van der Waals surface area contributed by atoms with Crippen molar-refractivity contribution in [1.82, 2.24) is 9.97 Å². The fourth-order valence-corrected chi connectivity index (χ4v) is 3.61. The number of hydrogen-bond acceptors (Lipinski definition) is 6. The van der Waals surface area contributed by atoms with Crippen LogP contribution >= 0.6 is 0 Å². The largest absolute Gasteiger partial charge is 0.481 e. The van der Waals surface area contributed by atoms with E-state index in [9.17, 15) is 13.2 Å². The molecule has 0 spiro atoms. The minimum atomic E-state index is -3.84. The van der Waals surface area contributed by atoms with Crippen LogP contribution in [0.25, 0.3) is 0 Å². The number of nitrogens with zero attached hydrogens (tertiary/aromatic N) is 2. The van der Waals surface area contributed by atoms with Gasteiger partial charge in [0.05, 0.1) is 4.90 Å². The number of benzene rings is 2. The maximum absolute atomic E-state index is 12.5. The summed E-state index contributed by atoms with van der Waals surface area (Å²) < 4.78 is 32.9. The normalized spacial score (nSPS) is 12.1. The van der Waals surface area contributed by atoms with Gasteiger partial charge in [0.1, 0.15) is 5.75 Å². The SMILES string of the molecule is CCc1ccccc1OC(C)C(=O)Nc1ccc(S(=O)(=O)Nc2ncccn2)cc1. The zero-order valence-electron chi connectivity index (χ0n) is 16.6. The number of ether oxygens (including phenoxy) is 1. The average Bonchev–Trinajstić information content (AvgIpc) is 2.75. The zero-order valence-corrected chi connectivity index (χ0v) is 17.4. The summed E-state index contributed by atoms with van der Waals surface area (Å²) in [7, 11) is -3.84. The Morgan fingerprint density at radius 3 is 2.37 bits per heavy atom. The Balaban J connectivity index is 1.64. The molecule has 1 unspecified atom stereocenters. The summed E-state index contributed by atoms with van der Waals surface area (Å²) in [6, 6.07) is 14.9. The standard InChI is InChI=1S/C21H22N4O4S/c1-3-16-7-4-5-8-19(16)29-15(2)20(26)24-17-9-11-18(12-10-17)30(27,28)25-21-22-13-6-14-23-21/h4-15H,3H2,1-2H3,(H,24,26)(H,22,23,25). The second kappa shape index (κ2) is 9.36. The summed E-state index contributed by atoms with van der Waals surface area (Å²) in [6.07, 6.45) is 2.94. The first kappa shape index (κ1) is 21.3. The molecule has 156 valence electrons. The highest BCUT2D eigenvalue weighted by Gasteiger charge is 2.18. The Morgan fingerprint density at radius 1 is 1.03 bits per heavy atom. The summed E-state index contributed by atoms with van der Waals surface area (Å²) in [5.41, 5.74) is 1.47. The van der Waals surface area contributed by atoms with E-state index in [1.165, 1.54) is 36.7 Å². The molecule has 0 bridgehead atoms. The van der Waals surface area contributed by atoms with Crippen molar-refractivity contribution < 1.29 is 17.9 Å². The molecule has 2 aromatic carbocycles. The molecular weight excluding hydrogens is 404 g/mol. The van der Waals surface area contributed by atoms with Gasteiger partial charge in [-0.05, 0) is 55.3 Å². The quantitative estimate of drug-likeness (QED) is 0.572. The minimum Gasteiger partial charge on any atom is -0.481 e. The van der Waals surface area contributed by atoms with Crippen LogP contribution in [0.15, 0.2) is 71.9 Å². The predicted molar refractivity (Wildman–Crippen MR) is 114 cm³/mol. The number of hydrogen-bond donors (Lipinski definition) is 2. The molecule has 2 N–H and O–H groups in total. The van der Waals surface area contributed by atoms with Crippen LogP contribution in [0.5, 0.6) is 5.75 Å². The molecule has 1 aromatic heterocycles. The molecule has 3 rings (SSSR count). The number of amides is 1. The summed E-state index contributed by atoms with van der Waals surface area (Å²) in [4.78, 5) is 20.2. The Morgan fingerprint density at radius 2 is 1.70 bits per heavy atom. The Labute approximate surface area is 175 Å². The van der Waals surface area contributed by atoms with Crippen LogP contribution < -0.4 is 14.8 Å². The third kappa shape index (κ3) is 5.32. The van der Waals surface area contributed by atoms with E-state index < -0.39 is 16.1 Å². The van der Waals surface area contributed by atoms with E-state index in [1.807, 2.05) is 31.2 Å². The third-order valence-electron chi connectivity index (χ3n) is 4.25. The summed E-state index contributed by atoms with van der Waals surface area (Å²) in [6.45, 7) is 3.67. The molecule has 1 atom stereocenters. The van der Waals surface area contributed by atoms with E-state index in [4.69, 9.17) is 4.74 Å². The predicted octanol–water partition coefficient (Wildman–Crippen LogP) is 3.25. The number of carbonyl (C=O) groups is 1. The fourth-order valence-electron chi connectivity index (χ4n) is 2.65. The van der Waals surface area contributed by atoms with Gasteiger partial charge in [-0.2, -0.15) is 0 Å². The summed E-state index contributed by atoms with van der Waals surface area (Å²) in [5, 5.41) is 2.72. The number of sulfonamides is 1. The molecule has 0 radical (unpaired) electrons. The molecular formula is C21H22N4O4S. The molecule has 0 aliphatic carbocycles. The maximum atomic E-state index is 12.5. The molecule has 0 aliphatic rings. The highest BCUT2D eigenvalue weighted by molar-refractivity contribution is 7.92. The number of aromatic nitrogens is 2. The summed E-state index contributed by atoms with van der Waals surface area (Å²) in [5.74, 6) is 0.304. The summed E-state index contributed by atoms with van der Waals surface area (Å²) >= 11 is 0. The van der Waals surface area contributed by atoms with Gasteiger partial charge in [0.15, 0.2) is 6.10 Å². The first-order valence-electron chi connectivity index (χ1n) is 9.34.